The van der Waals surface area contributed by atoms with Gasteiger partial charge in [0, 0.05) is 32.7 Å². The Kier molecular flexibility index (Phi) is 4.33. The lowest BCUT2D eigenvalue weighted by molar-refractivity contribution is 0.103. The van der Waals surface area contributed by atoms with Crippen LogP contribution in [0.5, 0.6) is 0 Å². The van der Waals surface area contributed by atoms with E-state index in [4.69, 9.17) is 5.11 Å². The van der Waals surface area contributed by atoms with Crippen LogP contribution < -0.4 is 0 Å². The number of nitrogens with zero attached hydrogens (tertiary/aromatic N) is 2. The van der Waals surface area contributed by atoms with Crippen molar-refractivity contribution >= 4 is 6.09 Å². The van der Waals surface area contributed by atoms with E-state index in [0.29, 0.717) is 13.1 Å². The summed E-state index contributed by atoms with van der Waals surface area (Å²) < 4.78 is 0. The lowest BCUT2D eigenvalue weighted by Crippen LogP contribution is -2.47. The number of rotatable bonds is 2. The maximum Gasteiger partial charge on any atom is 0.407 e. The Morgan fingerprint density at radius 3 is 2.10 bits per heavy atom. The SMILES string of the molecule is CC(C)(C)c1ccc(CN2CCN(C(=O)O)CC2)cc1. The molecule has 1 fully saturated rings. The number of hydrogen-bond acceptors (Lipinski definition) is 2. The van der Waals surface area contributed by atoms with Gasteiger partial charge >= 0.3 is 6.09 Å². The van der Waals surface area contributed by atoms with E-state index in [1.165, 1.54) is 16.0 Å². The van der Waals surface area contributed by atoms with E-state index in [1.807, 2.05) is 0 Å². The van der Waals surface area contributed by atoms with E-state index in [0.717, 1.165) is 19.6 Å². The van der Waals surface area contributed by atoms with Gasteiger partial charge in [0.1, 0.15) is 0 Å². The quantitative estimate of drug-likeness (QED) is 0.903. The molecular weight excluding hydrogens is 252 g/mol. The topological polar surface area (TPSA) is 43.8 Å². The number of piperazine rings is 1. The molecule has 1 saturated heterocycles. The Morgan fingerprint density at radius 2 is 1.65 bits per heavy atom. The number of amides is 1. The number of hydrogen-bond donors (Lipinski definition) is 1. The lowest BCUT2D eigenvalue weighted by Gasteiger charge is -2.33. The van der Waals surface area contributed by atoms with Gasteiger partial charge in [-0.05, 0) is 16.5 Å². The van der Waals surface area contributed by atoms with Crippen LogP contribution in [0.25, 0.3) is 0 Å². The highest BCUT2D eigenvalue weighted by Crippen LogP contribution is 2.22. The van der Waals surface area contributed by atoms with Gasteiger partial charge in [-0.3, -0.25) is 4.90 Å². The molecule has 110 valence electrons. The zero-order chi connectivity index (χ0) is 14.8. The molecule has 1 aromatic rings. The molecule has 0 radical (unpaired) electrons. The minimum absolute atomic E-state index is 0.186. The molecule has 0 bridgehead atoms. The summed E-state index contributed by atoms with van der Waals surface area (Å²) in [5.74, 6) is 0. The molecule has 1 amide bonds. The van der Waals surface area contributed by atoms with Crippen molar-refractivity contribution in [2.24, 2.45) is 0 Å². The largest absolute Gasteiger partial charge is 0.465 e. The molecule has 4 nitrogen and oxygen atoms in total. The Balaban J connectivity index is 1.90. The van der Waals surface area contributed by atoms with Crippen LogP contribution in [0.3, 0.4) is 0 Å². The molecule has 20 heavy (non-hydrogen) atoms. The monoisotopic (exact) mass is 276 g/mol. The van der Waals surface area contributed by atoms with E-state index in [2.05, 4.69) is 49.9 Å². The highest BCUT2D eigenvalue weighted by atomic mass is 16.4. The van der Waals surface area contributed by atoms with Gasteiger partial charge in [0.05, 0.1) is 0 Å². The molecule has 1 aromatic carbocycles. The standard InChI is InChI=1S/C16H24N2O2/c1-16(2,3)14-6-4-13(5-7-14)12-17-8-10-18(11-9-17)15(19)20/h4-7H,8-12H2,1-3H3,(H,19,20). The van der Waals surface area contributed by atoms with Crippen molar-refractivity contribution < 1.29 is 9.90 Å². The van der Waals surface area contributed by atoms with Crippen molar-refractivity contribution in [2.45, 2.75) is 32.7 Å². The first-order valence-corrected chi connectivity index (χ1v) is 7.16. The summed E-state index contributed by atoms with van der Waals surface area (Å²) in [7, 11) is 0. The number of benzene rings is 1. The molecular formula is C16H24N2O2. The average Bonchev–Trinajstić information content (AvgIpc) is 2.39. The zero-order valence-corrected chi connectivity index (χ0v) is 12.6. The van der Waals surface area contributed by atoms with Gasteiger partial charge in [-0.1, -0.05) is 45.0 Å². The predicted octanol–water partition coefficient (Wildman–Crippen LogP) is 2.78. The molecule has 0 spiro atoms. The van der Waals surface area contributed by atoms with Crippen LogP contribution in [-0.4, -0.2) is 47.2 Å². The van der Waals surface area contributed by atoms with Crippen LogP contribution in [0.15, 0.2) is 24.3 Å². The van der Waals surface area contributed by atoms with Crippen LogP contribution in [0, 0.1) is 0 Å². The summed E-state index contributed by atoms with van der Waals surface area (Å²) in [6.07, 6.45) is -0.806. The Morgan fingerprint density at radius 1 is 1.10 bits per heavy atom. The van der Waals surface area contributed by atoms with Crippen molar-refractivity contribution in [3.05, 3.63) is 35.4 Å². The third-order valence-corrected chi connectivity index (χ3v) is 3.87. The van der Waals surface area contributed by atoms with Gasteiger partial charge in [0.2, 0.25) is 0 Å². The van der Waals surface area contributed by atoms with Crippen LogP contribution in [0.2, 0.25) is 0 Å². The number of carbonyl (C=O) groups is 1. The van der Waals surface area contributed by atoms with Crippen molar-refractivity contribution in [1.82, 2.24) is 9.80 Å². The highest BCUT2D eigenvalue weighted by Gasteiger charge is 2.20. The molecule has 1 heterocycles. The second kappa shape index (κ2) is 5.83. The fourth-order valence-electron chi connectivity index (χ4n) is 2.47. The van der Waals surface area contributed by atoms with Crippen LogP contribution >= 0.6 is 0 Å². The van der Waals surface area contributed by atoms with E-state index in [-0.39, 0.29) is 5.41 Å². The summed E-state index contributed by atoms with van der Waals surface area (Å²) >= 11 is 0. The number of carboxylic acid groups (broad SMARTS) is 1. The van der Waals surface area contributed by atoms with E-state index >= 15 is 0 Å². The molecule has 1 aliphatic heterocycles. The molecule has 1 N–H and O–H groups in total. The van der Waals surface area contributed by atoms with Crippen molar-refractivity contribution in [3.63, 3.8) is 0 Å². The zero-order valence-electron chi connectivity index (χ0n) is 12.6. The Hall–Kier alpha value is -1.55. The van der Waals surface area contributed by atoms with Gasteiger partial charge in [-0.25, -0.2) is 4.79 Å². The van der Waals surface area contributed by atoms with Crippen LogP contribution in [0.4, 0.5) is 4.79 Å². The maximum atomic E-state index is 10.9. The average molecular weight is 276 g/mol. The summed E-state index contributed by atoms with van der Waals surface area (Å²) in [6.45, 7) is 10.4. The smallest absolute Gasteiger partial charge is 0.407 e. The molecule has 1 aliphatic rings. The first kappa shape index (κ1) is 14.9. The second-order valence-corrected chi connectivity index (χ2v) is 6.49. The van der Waals surface area contributed by atoms with Gasteiger partial charge in [0.25, 0.3) is 0 Å². The van der Waals surface area contributed by atoms with E-state index < -0.39 is 6.09 Å². The van der Waals surface area contributed by atoms with Gasteiger partial charge in [0.15, 0.2) is 0 Å². The molecule has 0 aromatic heterocycles. The van der Waals surface area contributed by atoms with Crippen molar-refractivity contribution in [1.29, 1.82) is 0 Å². The normalized spacial score (nSPS) is 17.2. The molecule has 2 rings (SSSR count). The van der Waals surface area contributed by atoms with Gasteiger partial charge < -0.3 is 10.0 Å². The van der Waals surface area contributed by atoms with Crippen molar-refractivity contribution in [2.75, 3.05) is 26.2 Å². The summed E-state index contributed by atoms with van der Waals surface area (Å²) in [5, 5.41) is 8.93. The molecule has 0 saturated carbocycles. The minimum Gasteiger partial charge on any atom is -0.465 e. The highest BCUT2D eigenvalue weighted by molar-refractivity contribution is 5.65. The molecule has 0 aliphatic carbocycles. The maximum absolute atomic E-state index is 10.9. The first-order valence-electron chi connectivity index (χ1n) is 7.16. The first-order chi connectivity index (χ1) is 9.36. The molecule has 0 atom stereocenters. The fraction of sp³-hybridized carbons (Fsp3) is 0.562. The molecule has 4 heteroatoms. The molecule has 0 unspecified atom stereocenters. The summed E-state index contributed by atoms with van der Waals surface area (Å²) in [6, 6.07) is 8.76. The second-order valence-electron chi connectivity index (χ2n) is 6.49. The third kappa shape index (κ3) is 3.73. The third-order valence-electron chi connectivity index (χ3n) is 3.87. The van der Waals surface area contributed by atoms with Crippen LogP contribution in [0.1, 0.15) is 31.9 Å². The van der Waals surface area contributed by atoms with Gasteiger partial charge in [-0.2, -0.15) is 0 Å². The van der Waals surface area contributed by atoms with E-state index in [1.54, 1.807) is 0 Å². The predicted molar refractivity (Wildman–Crippen MR) is 80.0 cm³/mol. The lowest BCUT2D eigenvalue weighted by atomic mass is 9.87. The summed E-state index contributed by atoms with van der Waals surface area (Å²) in [5.41, 5.74) is 2.82. The Bertz CT molecular complexity index is 454. The fourth-order valence-corrected chi connectivity index (χ4v) is 2.47. The minimum atomic E-state index is -0.806. The van der Waals surface area contributed by atoms with Crippen LogP contribution in [-0.2, 0) is 12.0 Å². The van der Waals surface area contributed by atoms with Crippen molar-refractivity contribution in [3.8, 4) is 0 Å². The van der Waals surface area contributed by atoms with Gasteiger partial charge in [-0.15, -0.1) is 0 Å². The summed E-state index contributed by atoms with van der Waals surface area (Å²) in [4.78, 5) is 14.7. The Labute approximate surface area is 121 Å². The van der Waals surface area contributed by atoms with E-state index in [9.17, 15) is 4.79 Å².